The fraction of sp³-hybridized carbons (Fsp3) is 0.600. The summed E-state index contributed by atoms with van der Waals surface area (Å²) in [5, 5.41) is 10.8. The number of para-hydroxylation sites is 2. The van der Waals surface area contributed by atoms with Crippen LogP contribution < -0.4 is 9.64 Å². The number of nitro benzene ring substituents is 1. The smallest absolute Gasteiger partial charge is 0.310 e. The van der Waals surface area contributed by atoms with Crippen LogP contribution in [0.5, 0.6) is 5.75 Å². The zero-order chi connectivity index (χ0) is 14.2. The number of nitrogens with one attached hydrogen (secondary N) is 1. The van der Waals surface area contributed by atoms with Gasteiger partial charge in [-0.2, -0.15) is 0 Å². The highest BCUT2D eigenvalue weighted by atomic mass is 16.6. The van der Waals surface area contributed by atoms with Crippen molar-refractivity contribution in [2.75, 3.05) is 26.2 Å². The second kappa shape index (κ2) is 7.85. The van der Waals surface area contributed by atoms with Crippen LogP contribution in [0.15, 0.2) is 24.3 Å². The van der Waals surface area contributed by atoms with Crippen LogP contribution in [-0.2, 0) is 0 Å². The number of piperidine rings is 1. The molecule has 1 heterocycles. The number of hydrogen-bond acceptors (Lipinski definition) is 3. The van der Waals surface area contributed by atoms with E-state index in [0.29, 0.717) is 12.4 Å². The van der Waals surface area contributed by atoms with E-state index in [1.165, 1.54) is 45.0 Å². The highest BCUT2D eigenvalue weighted by molar-refractivity contribution is 5.45. The molecule has 1 aromatic rings. The average molecular weight is 279 g/mol. The van der Waals surface area contributed by atoms with Gasteiger partial charge in [0, 0.05) is 6.07 Å². The summed E-state index contributed by atoms with van der Waals surface area (Å²) >= 11 is 0. The topological polar surface area (TPSA) is 56.8 Å². The summed E-state index contributed by atoms with van der Waals surface area (Å²) in [5.41, 5.74) is 0.0501. The quantitative estimate of drug-likeness (QED) is 0.470. The van der Waals surface area contributed by atoms with Gasteiger partial charge in [-0.3, -0.25) is 10.1 Å². The fourth-order valence-electron chi connectivity index (χ4n) is 2.69. The van der Waals surface area contributed by atoms with Crippen LogP contribution >= 0.6 is 0 Å². The number of likely N-dealkylation sites (tertiary alicyclic amines) is 1. The lowest BCUT2D eigenvalue weighted by molar-refractivity contribution is -0.905. The van der Waals surface area contributed by atoms with Gasteiger partial charge in [0.15, 0.2) is 5.75 Å². The van der Waals surface area contributed by atoms with Crippen LogP contribution in [0.1, 0.15) is 32.1 Å². The molecule has 2 rings (SSSR count). The molecule has 0 atom stereocenters. The van der Waals surface area contributed by atoms with E-state index in [1.807, 2.05) is 0 Å². The van der Waals surface area contributed by atoms with Crippen LogP contribution in [0.4, 0.5) is 5.69 Å². The van der Waals surface area contributed by atoms with E-state index in [2.05, 4.69) is 0 Å². The van der Waals surface area contributed by atoms with E-state index >= 15 is 0 Å². The van der Waals surface area contributed by atoms with Gasteiger partial charge in [-0.25, -0.2) is 0 Å². The van der Waals surface area contributed by atoms with E-state index in [-0.39, 0.29) is 5.69 Å². The summed E-state index contributed by atoms with van der Waals surface area (Å²) in [6.07, 6.45) is 6.15. The maximum Gasteiger partial charge on any atom is 0.310 e. The molecule has 0 amide bonds. The van der Waals surface area contributed by atoms with E-state index in [4.69, 9.17) is 4.74 Å². The van der Waals surface area contributed by atoms with Gasteiger partial charge in [-0.15, -0.1) is 0 Å². The summed E-state index contributed by atoms with van der Waals surface area (Å²) in [4.78, 5) is 12.1. The van der Waals surface area contributed by atoms with Crippen molar-refractivity contribution in [3.05, 3.63) is 34.4 Å². The normalized spacial score (nSPS) is 16.0. The molecular weight excluding hydrogens is 256 g/mol. The molecule has 110 valence electrons. The molecule has 0 radical (unpaired) electrons. The lowest BCUT2D eigenvalue weighted by Gasteiger charge is -2.23. The number of quaternary nitrogens is 1. The molecule has 1 aromatic carbocycles. The molecule has 0 saturated carbocycles. The third-order valence-electron chi connectivity index (χ3n) is 3.80. The minimum atomic E-state index is -0.396. The van der Waals surface area contributed by atoms with Gasteiger partial charge in [0.25, 0.3) is 0 Å². The lowest BCUT2D eigenvalue weighted by Crippen LogP contribution is -3.12. The van der Waals surface area contributed by atoms with Crippen molar-refractivity contribution in [3.63, 3.8) is 0 Å². The van der Waals surface area contributed by atoms with Gasteiger partial charge in [0.2, 0.25) is 0 Å². The first-order chi connectivity index (χ1) is 9.77. The summed E-state index contributed by atoms with van der Waals surface area (Å²) in [6, 6.07) is 6.56. The number of nitro groups is 1. The molecule has 0 spiro atoms. The van der Waals surface area contributed by atoms with Gasteiger partial charge in [0.1, 0.15) is 0 Å². The first-order valence-electron chi connectivity index (χ1n) is 7.47. The van der Waals surface area contributed by atoms with Gasteiger partial charge in [0.05, 0.1) is 31.2 Å². The van der Waals surface area contributed by atoms with Crippen molar-refractivity contribution in [1.29, 1.82) is 0 Å². The van der Waals surface area contributed by atoms with E-state index in [9.17, 15) is 10.1 Å². The Morgan fingerprint density at radius 2 is 1.90 bits per heavy atom. The summed E-state index contributed by atoms with van der Waals surface area (Å²) in [6.45, 7) is 4.34. The molecule has 1 aliphatic heterocycles. The fourth-order valence-corrected chi connectivity index (χ4v) is 2.69. The Morgan fingerprint density at radius 3 is 2.65 bits per heavy atom. The largest absolute Gasteiger partial charge is 0.487 e. The molecule has 0 aliphatic carbocycles. The molecule has 1 aliphatic rings. The molecule has 0 unspecified atom stereocenters. The highest BCUT2D eigenvalue weighted by Gasteiger charge is 2.14. The molecule has 0 bridgehead atoms. The van der Waals surface area contributed by atoms with Crippen LogP contribution in [0.25, 0.3) is 0 Å². The van der Waals surface area contributed by atoms with Crippen molar-refractivity contribution in [2.45, 2.75) is 32.1 Å². The van der Waals surface area contributed by atoms with Crippen molar-refractivity contribution in [2.24, 2.45) is 0 Å². The maximum atomic E-state index is 10.8. The SMILES string of the molecule is O=[N+]([O-])c1ccccc1OCCCC[NH+]1CCCCC1. The molecular formula is C15H23N2O3+. The third-order valence-corrected chi connectivity index (χ3v) is 3.80. The van der Waals surface area contributed by atoms with Crippen molar-refractivity contribution >= 4 is 5.69 Å². The van der Waals surface area contributed by atoms with E-state index in [1.54, 1.807) is 23.1 Å². The van der Waals surface area contributed by atoms with E-state index in [0.717, 1.165) is 12.8 Å². The minimum absolute atomic E-state index is 0.0501. The summed E-state index contributed by atoms with van der Waals surface area (Å²) in [7, 11) is 0. The predicted molar refractivity (Wildman–Crippen MR) is 77.2 cm³/mol. The van der Waals surface area contributed by atoms with Gasteiger partial charge in [-0.1, -0.05) is 12.1 Å². The van der Waals surface area contributed by atoms with Gasteiger partial charge < -0.3 is 9.64 Å². The molecule has 20 heavy (non-hydrogen) atoms. The Morgan fingerprint density at radius 1 is 1.15 bits per heavy atom. The zero-order valence-corrected chi connectivity index (χ0v) is 11.8. The third kappa shape index (κ3) is 4.49. The minimum Gasteiger partial charge on any atom is -0.487 e. The number of unbranched alkanes of at least 4 members (excludes halogenated alkanes) is 1. The van der Waals surface area contributed by atoms with Gasteiger partial charge >= 0.3 is 5.69 Å². The first kappa shape index (κ1) is 14.8. The van der Waals surface area contributed by atoms with Crippen LogP contribution in [0, 0.1) is 10.1 Å². The van der Waals surface area contributed by atoms with Crippen LogP contribution in [0.3, 0.4) is 0 Å². The Kier molecular flexibility index (Phi) is 5.80. The zero-order valence-electron chi connectivity index (χ0n) is 11.8. The summed E-state index contributed by atoms with van der Waals surface area (Å²) in [5.74, 6) is 0.378. The number of rotatable bonds is 7. The standard InChI is InChI=1S/C15H22N2O3/c18-17(19)14-8-2-3-9-15(14)20-13-7-6-12-16-10-4-1-5-11-16/h2-3,8-9H,1,4-7,10-13H2/p+1. The van der Waals surface area contributed by atoms with Crippen molar-refractivity contribution in [3.8, 4) is 5.75 Å². The van der Waals surface area contributed by atoms with Crippen LogP contribution in [-0.4, -0.2) is 31.2 Å². The first-order valence-corrected chi connectivity index (χ1v) is 7.47. The second-order valence-corrected chi connectivity index (χ2v) is 5.34. The van der Waals surface area contributed by atoms with E-state index < -0.39 is 4.92 Å². The Bertz CT molecular complexity index is 431. The van der Waals surface area contributed by atoms with Crippen LogP contribution in [0.2, 0.25) is 0 Å². The number of nitrogens with zero attached hydrogens (tertiary/aromatic N) is 1. The maximum absolute atomic E-state index is 10.8. The molecule has 1 N–H and O–H groups in total. The lowest BCUT2D eigenvalue weighted by atomic mass is 10.1. The molecule has 5 nitrogen and oxygen atoms in total. The molecule has 0 aromatic heterocycles. The molecule has 1 fully saturated rings. The number of hydrogen-bond donors (Lipinski definition) is 1. The molecule has 1 saturated heterocycles. The number of benzene rings is 1. The molecule has 5 heteroatoms. The highest BCUT2D eigenvalue weighted by Crippen LogP contribution is 2.25. The predicted octanol–water partition coefficient (Wildman–Crippen LogP) is 1.82. The monoisotopic (exact) mass is 279 g/mol. The van der Waals surface area contributed by atoms with Gasteiger partial charge in [-0.05, 0) is 38.2 Å². The Labute approximate surface area is 119 Å². The van der Waals surface area contributed by atoms with Crippen molar-refractivity contribution in [1.82, 2.24) is 0 Å². The Balaban J connectivity index is 1.67. The Hall–Kier alpha value is -1.62. The summed E-state index contributed by atoms with van der Waals surface area (Å²) < 4.78 is 5.54. The number of ether oxygens (including phenoxy) is 1. The van der Waals surface area contributed by atoms with Crippen molar-refractivity contribution < 1.29 is 14.6 Å². The average Bonchev–Trinajstić information content (AvgIpc) is 2.48. The second-order valence-electron chi connectivity index (χ2n) is 5.34.